The van der Waals surface area contributed by atoms with Gasteiger partial charge in [0.15, 0.2) is 5.78 Å². The van der Waals surface area contributed by atoms with Gasteiger partial charge in [0.25, 0.3) is 0 Å². The quantitative estimate of drug-likeness (QED) is 0.645. The highest BCUT2D eigenvalue weighted by Gasteiger charge is 2.37. The first kappa shape index (κ1) is 13.8. The molecule has 2 rings (SSSR count). The molecule has 0 aliphatic carbocycles. The summed E-state index contributed by atoms with van der Waals surface area (Å²) in [5, 5.41) is 13.4. The lowest BCUT2D eigenvalue weighted by Crippen LogP contribution is -2.45. The Kier molecular flexibility index (Phi) is 4.05. The number of aliphatic hydroxyl groups excluding tert-OH is 1. The van der Waals surface area contributed by atoms with Crippen molar-refractivity contribution in [2.75, 3.05) is 6.54 Å². The highest BCUT2D eigenvalue weighted by Crippen LogP contribution is 2.28. The van der Waals surface area contributed by atoms with Crippen LogP contribution in [-0.2, 0) is 4.79 Å². The van der Waals surface area contributed by atoms with E-state index in [2.05, 4.69) is 12.2 Å². The minimum atomic E-state index is -0.148. The molecule has 1 aliphatic heterocycles. The van der Waals surface area contributed by atoms with Crippen LogP contribution in [0.4, 0.5) is 0 Å². The van der Waals surface area contributed by atoms with Crippen LogP contribution in [0.1, 0.15) is 32.3 Å². The first-order chi connectivity index (χ1) is 9.03. The molecule has 0 amide bonds. The molecule has 1 saturated heterocycles. The molecule has 19 heavy (non-hydrogen) atoms. The molecule has 0 radical (unpaired) electrons. The average molecular weight is 259 g/mol. The second-order valence-corrected chi connectivity index (χ2v) is 5.47. The summed E-state index contributed by atoms with van der Waals surface area (Å²) in [6.45, 7) is 4.97. The maximum atomic E-state index is 12.2. The molecule has 1 fully saturated rings. The van der Waals surface area contributed by atoms with Gasteiger partial charge in [0.2, 0.25) is 0 Å². The Labute approximate surface area is 114 Å². The molecule has 3 nitrogen and oxygen atoms in total. The standard InChI is InChI=1S/C16H21NO2/c1-12(16(2)9-6-10-17-16)14(18)11-15(19)13-7-4-3-5-8-13/h3-5,7-8,11-12,17,19H,6,9-10H2,1-2H3/t12?,16-/m1/s1. The Hall–Kier alpha value is -1.61. The van der Waals surface area contributed by atoms with Crippen LogP contribution in [0.3, 0.4) is 0 Å². The van der Waals surface area contributed by atoms with Gasteiger partial charge in [-0.15, -0.1) is 0 Å². The predicted octanol–water partition coefficient (Wildman–Crippen LogP) is 2.93. The maximum Gasteiger partial charge on any atom is 0.164 e. The average Bonchev–Trinajstić information content (AvgIpc) is 2.87. The van der Waals surface area contributed by atoms with E-state index in [0.717, 1.165) is 19.4 Å². The summed E-state index contributed by atoms with van der Waals surface area (Å²) >= 11 is 0. The van der Waals surface area contributed by atoms with Crippen LogP contribution >= 0.6 is 0 Å². The smallest absolute Gasteiger partial charge is 0.164 e. The Bertz CT molecular complexity index is 473. The van der Waals surface area contributed by atoms with Crippen LogP contribution in [0.5, 0.6) is 0 Å². The zero-order valence-electron chi connectivity index (χ0n) is 11.5. The molecule has 1 aromatic rings. The summed E-state index contributed by atoms with van der Waals surface area (Å²) in [4.78, 5) is 12.2. The van der Waals surface area contributed by atoms with Crippen molar-refractivity contribution < 1.29 is 9.90 Å². The second-order valence-electron chi connectivity index (χ2n) is 5.47. The monoisotopic (exact) mass is 259 g/mol. The highest BCUT2D eigenvalue weighted by molar-refractivity contribution is 5.97. The van der Waals surface area contributed by atoms with Gasteiger partial charge in [0, 0.05) is 23.1 Å². The van der Waals surface area contributed by atoms with Crippen molar-refractivity contribution in [3.05, 3.63) is 42.0 Å². The highest BCUT2D eigenvalue weighted by atomic mass is 16.3. The van der Waals surface area contributed by atoms with Crippen LogP contribution in [0, 0.1) is 5.92 Å². The van der Waals surface area contributed by atoms with Crippen LogP contribution in [0.2, 0.25) is 0 Å². The third-order valence-electron chi connectivity index (χ3n) is 4.13. The molecular weight excluding hydrogens is 238 g/mol. The van der Waals surface area contributed by atoms with Crippen LogP contribution in [0.15, 0.2) is 36.4 Å². The maximum absolute atomic E-state index is 12.2. The fraction of sp³-hybridized carbons (Fsp3) is 0.438. The molecule has 2 atom stereocenters. The van der Waals surface area contributed by atoms with Crippen molar-refractivity contribution in [1.29, 1.82) is 0 Å². The molecule has 1 heterocycles. The van der Waals surface area contributed by atoms with Gasteiger partial charge in [-0.2, -0.15) is 0 Å². The Morgan fingerprint density at radius 1 is 1.42 bits per heavy atom. The predicted molar refractivity (Wildman–Crippen MR) is 76.9 cm³/mol. The molecule has 0 aromatic heterocycles. The lowest BCUT2D eigenvalue weighted by molar-refractivity contribution is -0.119. The minimum absolute atomic E-state index is 0.0294. The van der Waals surface area contributed by atoms with E-state index in [9.17, 15) is 9.90 Å². The Morgan fingerprint density at radius 2 is 2.11 bits per heavy atom. The van der Waals surface area contributed by atoms with Gasteiger partial charge < -0.3 is 10.4 Å². The largest absolute Gasteiger partial charge is 0.507 e. The molecule has 102 valence electrons. The zero-order chi connectivity index (χ0) is 13.9. The summed E-state index contributed by atoms with van der Waals surface area (Å²) < 4.78 is 0. The minimum Gasteiger partial charge on any atom is -0.507 e. The molecule has 0 bridgehead atoms. The summed E-state index contributed by atoms with van der Waals surface area (Å²) in [5.74, 6) is -0.127. The SMILES string of the molecule is CC(C(=O)C=C(O)c1ccccc1)[C@@]1(C)CCCN1. The molecule has 1 aromatic carbocycles. The Morgan fingerprint density at radius 3 is 2.68 bits per heavy atom. The summed E-state index contributed by atoms with van der Waals surface area (Å²) in [6.07, 6.45) is 3.45. The fourth-order valence-electron chi connectivity index (χ4n) is 2.55. The van der Waals surface area contributed by atoms with Gasteiger partial charge in [-0.25, -0.2) is 0 Å². The molecule has 3 heteroatoms. The van der Waals surface area contributed by atoms with Gasteiger partial charge in [-0.1, -0.05) is 37.3 Å². The summed E-state index contributed by atoms with van der Waals surface area (Å²) in [7, 11) is 0. The van der Waals surface area contributed by atoms with Gasteiger partial charge in [-0.05, 0) is 26.3 Å². The summed E-state index contributed by atoms with van der Waals surface area (Å²) in [6, 6.07) is 9.14. The van der Waals surface area contributed by atoms with Gasteiger partial charge in [-0.3, -0.25) is 4.79 Å². The topological polar surface area (TPSA) is 49.3 Å². The lowest BCUT2D eigenvalue weighted by Gasteiger charge is -2.30. The number of benzene rings is 1. The van der Waals surface area contributed by atoms with Gasteiger partial charge >= 0.3 is 0 Å². The summed E-state index contributed by atoms with van der Waals surface area (Å²) in [5.41, 5.74) is 0.525. The molecule has 2 N–H and O–H groups in total. The molecule has 0 spiro atoms. The first-order valence-corrected chi connectivity index (χ1v) is 6.78. The van der Waals surface area contributed by atoms with Crippen LogP contribution in [-0.4, -0.2) is 23.0 Å². The van der Waals surface area contributed by atoms with Crippen molar-refractivity contribution in [2.24, 2.45) is 5.92 Å². The molecular formula is C16H21NO2. The van der Waals surface area contributed by atoms with E-state index in [1.807, 2.05) is 25.1 Å². The van der Waals surface area contributed by atoms with E-state index in [1.54, 1.807) is 12.1 Å². The number of carbonyl (C=O) groups is 1. The second kappa shape index (κ2) is 5.57. The number of rotatable bonds is 4. The number of allylic oxidation sites excluding steroid dienone is 1. The van der Waals surface area contributed by atoms with Crippen molar-refractivity contribution >= 4 is 11.5 Å². The van der Waals surface area contributed by atoms with Crippen molar-refractivity contribution in [3.63, 3.8) is 0 Å². The van der Waals surface area contributed by atoms with Crippen LogP contribution < -0.4 is 5.32 Å². The lowest BCUT2D eigenvalue weighted by atomic mass is 9.82. The number of hydrogen-bond donors (Lipinski definition) is 2. The third kappa shape index (κ3) is 3.04. The zero-order valence-corrected chi connectivity index (χ0v) is 11.5. The number of ketones is 1. The van der Waals surface area contributed by atoms with E-state index >= 15 is 0 Å². The normalized spacial score (nSPS) is 25.3. The van der Waals surface area contributed by atoms with Gasteiger partial charge in [0.1, 0.15) is 5.76 Å². The van der Waals surface area contributed by atoms with E-state index in [1.165, 1.54) is 6.08 Å². The van der Waals surface area contributed by atoms with Crippen molar-refractivity contribution in [3.8, 4) is 0 Å². The number of hydrogen-bond acceptors (Lipinski definition) is 3. The van der Waals surface area contributed by atoms with E-state index in [0.29, 0.717) is 5.56 Å². The van der Waals surface area contributed by atoms with Crippen molar-refractivity contribution in [2.45, 2.75) is 32.2 Å². The van der Waals surface area contributed by atoms with E-state index < -0.39 is 0 Å². The van der Waals surface area contributed by atoms with Gasteiger partial charge in [0.05, 0.1) is 0 Å². The van der Waals surface area contributed by atoms with Crippen LogP contribution in [0.25, 0.3) is 5.76 Å². The first-order valence-electron chi connectivity index (χ1n) is 6.78. The number of carbonyl (C=O) groups excluding carboxylic acids is 1. The van der Waals surface area contributed by atoms with E-state index in [-0.39, 0.29) is 23.0 Å². The molecule has 1 aliphatic rings. The third-order valence-corrected chi connectivity index (χ3v) is 4.13. The van der Waals surface area contributed by atoms with E-state index in [4.69, 9.17) is 0 Å². The number of nitrogens with one attached hydrogen (secondary N) is 1. The van der Waals surface area contributed by atoms with Crippen molar-refractivity contribution in [1.82, 2.24) is 5.32 Å². The molecule has 1 unspecified atom stereocenters. The fourth-order valence-corrected chi connectivity index (χ4v) is 2.55. The number of aliphatic hydroxyl groups is 1. The molecule has 0 saturated carbocycles. The Balaban J connectivity index is 2.12.